The molecule has 144 valence electrons. The van der Waals surface area contributed by atoms with E-state index in [4.69, 9.17) is 16.0 Å². The summed E-state index contributed by atoms with van der Waals surface area (Å²) >= 11 is 6.40. The van der Waals surface area contributed by atoms with Crippen molar-refractivity contribution in [3.05, 3.63) is 106 Å². The van der Waals surface area contributed by atoms with Crippen molar-refractivity contribution >= 4 is 17.5 Å². The number of aromatic nitrogens is 2. The van der Waals surface area contributed by atoms with Crippen LogP contribution in [0.3, 0.4) is 0 Å². The largest absolute Gasteiger partial charge is 0.418 e. The van der Waals surface area contributed by atoms with Crippen molar-refractivity contribution in [1.29, 1.82) is 0 Å². The van der Waals surface area contributed by atoms with E-state index in [1.165, 1.54) is 0 Å². The minimum atomic E-state index is -0.678. The van der Waals surface area contributed by atoms with Crippen LogP contribution in [0.4, 0.5) is 0 Å². The first-order valence-corrected chi connectivity index (χ1v) is 9.50. The Hall–Kier alpha value is -3.44. The van der Waals surface area contributed by atoms with Gasteiger partial charge in [-0.05, 0) is 37.3 Å². The number of hydrogen-bond donors (Lipinski definition) is 1. The lowest BCUT2D eigenvalue weighted by molar-refractivity contribution is 0.0938. The Balaban J connectivity index is 1.70. The molecule has 3 aromatic carbocycles. The average Bonchev–Trinajstić information content (AvgIpc) is 3.24. The molecule has 1 aromatic heterocycles. The van der Waals surface area contributed by atoms with Crippen LogP contribution in [0, 0.1) is 6.92 Å². The third-order valence-electron chi connectivity index (χ3n) is 4.51. The molecule has 0 aliphatic carbocycles. The molecule has 0 aliphatic heterocycles. The summed E-state index contributed by atoms with van der Waals surface area (Å²) in [5, 5.41) is 11.8. The lowest BCUT2D eigenvalue weighted by atomic mass is 10.1. The van der Waals surface area contributed by atoms with Crippen molar-refractivity contribution in [1.82, 2.24) is 15.5 Å². The Kier molecular flexibility index (Phi) is 5.40. The average molecular weight is 404 g/mol. The number of benzene rings is 3. The molecular weight excluding hydrogens is 386 g/mol. The molecule has 0 aliphatic rings. The van der Waals surface area contributed by atoms with Gasteiger partial charge in [-0.1, -0.05) is 65.7 Å². The molecular formula is C23H18ClN3O2. The highest BCUT2D eigenvalue weighted by molar-refractivity contribution is 6.31. The maximum atomic E-state index is 12.9. The van der Waals surface area contributed by atoms with Crippen LogP contribution in [0.15, 0.2) is 83.3 Å². The lowest BCUT2D eigenvalue weighted by Gasteiger charge is -2.17. The van der Waals surface area contributed by atoms with Crippen molar-refractivity contribution < 1.29 is 9.21 Å². The van der Waals surface area contributed by atoms with Crippen molar-refractivity contribution in [3.63, 3.8) is 0 Å². The van der Waals surface area contributed by atoms with Crippen LogP contribution in [-0.2, 0) is 0 Å². The topological polar surface area (TPSA) is 68.0 Å². The molecule has 0 spiro atoms. The summed E-state index contributed by atoms with van der Waals surface area (Å²) in [6, 6.07) is 23.4. The van der Waals surface area contributed by atoms with E-state index < -0.39 is 6.04 Å². The van der Waals surface area contributed by atoms with Crippen LogP contribution in [-0.4, -0.2) is 16.1 Å². The molecule has 0 fully saturated rings. The predicted octanol–water partition coefficient (Wildman–Crippen LogP) is 5.22. The van der Waals surface area contributed by atoms with Crippen molar-refractivity contribution in [2.45, 2.75) is 13.0 Å². The summed E-state index contributed by atoms with van der Waals surface area (Å²) in [5.41, 5.74) is 3.09. The van der Waals surface area contributed by atoms with E-state index in [1.54, 1.807) is 18.2 Å². The predicted molar refractivity (Wildman–Crippen MR) is 112 cm³/mol. The van der Waals surface area contributed by atoms with Gasteiger partial charge in [-0.3, -0.25) is 4.79 Å². The Morgan fingerprint density at radius 2 is 1.62 bits per heavy atom. The van der Waals surface area contributed by atoms with E-state index in [1.807, 2.05) is 67.6 Å². The Morgan fingerprint density at radius 3 is 2.34 bits per heavy atom. The molecule has 1 N–H and O–H groups in total. The Morgan fingerprint density at radius 1 is 0.931 bits per heavy atom. The van der Waals surface area contributed by atoms with Crippen LogP contribution in [0.5, 0.6) is 0 Å². The maximum absolute atomic E-state index is 12.9. The van der Waals surface area contributed by atoms with Crippen LogP contribution >= 0.6 is 11.6 Å². The van der Waals surface area contributed by atoms with Gasteiger partial charge in [0.15, 0.2) is 0 Å². The first-order valence-electron chi connectivity index (χ1n) is 9.12. The van der Waals surface area contributed by atoms with E-state index in [9.17, 15) is 4.79 Å². The number of carbonyl (C=O) groups excluding carboxylic acids is 1. The summed E-state index contributed by atoms with van der Waals surface area (Å²) in [4.78, 5) is 12.9. The van der Waals surface area contributed by atoms with Crippen LogP contribution in [0.2, 0.25) is 5.02 Å². The van der Waals surface area contributed by atoms with Gasteiger partial charge in [0.05, 0.1) is 0 Å². The molecule has 29 heavy (non-hydrogen) atoms. The summed E-state index contributed by atoms with van der Waals surface area (Å²) in [7, 11) is 0. The summed E-state index contributed by atoms with van der Waals surface area (Å²) in [6.07, 6.45) is 0. The number of amides is 1. The minimum absolute atomic E-state index is 0.255. The fourth-order valence-electron chi connectivity index (χ4n) is 2.95. The molecule has 4 rings (SSSR count). The number of halogens is 1. The zero-order valence-corrected chi connectivity index (χ0v) is 16.4. The molecule has 0 bridgehead atoms. The first kappa shape index (κ1) is 18.9. The molecule has 4 aromatic rings. The molecule has 1 heterocycles. The molecule has 1 amide bonds. The van der Waals surface area contributed by atoms with Crippen molar-refractivity contribution in [3.8, 4) is 11.5 Å². The van der Waals surface area contributed by atoms with Gasteiger partial charge in [0.1, 0.15) is 6.04 Å². The molecule has 6 heteroatoms. The molecule has 1 atom stereocenters. The van der Waals surface area contributed by atoms with Crippen molar-refractivity contribution in [2.24, 2.45) is 0 Å². The Labute approximate surface area is 173 Å². The number of nitrogens with one attached hydrogen (secondary N) is 1. The van der Waals surface area contributed by atoms with Gasteiger partial charge in [-0.2, -0.15) is 0 Å². The summed E-state index contributed by atoms with van der Waals surface area (Å²) < 4.78 is 5.90. The van der Waals surface area contributed by atoms with E-state index in [-0.39, 0.29) is 11.8 Å². The van der Waals surface area contributed by atoms with Gasteiger partial charge in [-0.15, -0.1) is 10.2 Å². The normalized spacial score (nSPS) is 11.8. The van der Waals surface area contributed by atoms with Crippen LogP contribution in [0.25, 0.3) is 11.5 Å². The number of hydrogen-bond acceptors (Lipinski definition) is 4. The second-order valence-corrected chi connectivity index (χ2v) is 7.01. The van der Waals surface area contributed by atoms with E-state index in [0.717, 1.165) is 11.1 Å². The SMILES string of the molecule is Cc1ccc(C(=O)NC(c2nnc(-c3ccccc3)o2)c2ccccc2Cl)cc1. The fraction of sp³-hybridized carbons (Fsp3) is 0.0870. The minimum Gasteiger partial charge on any atom is -0.418 e. The molecule has 5 nitrogen and oxygen atoms in total. The zero-order chi connectivity index (χ0) is 20.2. The summed E-state index contributed by atoms with van der Waals surface area (Å²) in [5.74, 6) is 0.383. The van der Waals surface area contributed by atoms with E-state index >= 15 is 0 Å². The Bertz CT molecular complexity index is 1120. The van der Waals surface area contributed by atoms with Gasteiger partial charge in [0.2, 0.25) is 11.8 Å². The highest BCUT2D eigenvalue weighted by atomic mass is 35.5. The van der Waals surface area contributed by atoms with Crippen LogP contribution < -0.4 is 5.32 Å². The number of rotatable bonds is 5. The van der Waals surface area contributed by atoms with Crippen molar-refractivity contribution in [2.75, 3.05) is 0 Å². The molecule has 0 saturated heterocycles. The second-order valence-electron chi connectivity index (χ2n) is 6.61. The molecule has 1 unspecified atom stereocenters. The molecule has 0 radical (unpaired) electrons. The van der Waals surface area contributed by atoms with Gasteiger partial charge in [0, 0.05) is 21.7 Å². The maximum Gasteiger partial charge on any atom is 0.252 e. The number of aryl methyl sites for hydroxylation is 1. The van der Waals surface area contributed by atoms with Crippen LogP contribution in [0.1, 0.15) is 33.4 Å². The third kappa shape index (κ3) is 4.20. The highest BCUT2D eigenvalue weighted by Crippen LogP contribution is 2.29. The number of nitrogens with zero attached hydrogens (tertiary/aromatic N) is 2. The second kappa shape index (κ2) is 8.29. The fourth-order valence-corrected chi connectivity index (χ4v) is 3.19. The first-order chi connectivity index (χ1) is 14.1. The molecule has 0 saturated carbocycles. The standard InChI is InChI=1S/C23H18ClN3O2/c1-15-11-13-16(14-12-15)21(28)25-20(18-9-5-6-10-19(18)24)23-27-26-22(29-23)17-7-3-2-4-8-17/h2-14,20H,1H3,(H,25,28). The highest BCUT2D eigenvalue weighted by Gasteiger charge is 2.25. The number of carbonyl (C=O) groups is 1. The third-order valence-corrected chi connectivity index (χ3v) is 4.86. The quantitative estimate of drug-likeness (QED) is 0.496. The van der Waals surface area contributed by atoms with E-state index in [2.05, 4.69) is 15.5 Å². The van der Waals surface area contributed by atoms with Gasteiger partial charge < -0.3 is 9.73 Å². The zero-order valence-electron chi connectivity index (χ0n) is 15.7. The van der Waals surface area contributed by atoms with Gasteiger partial charge in [0.25, 0.3) is 5.91 Å². The lowest BCUT2D eigenvalue weighted by Crippen LogP contribution is -2.29. The van der Waals surface area contributed by atoms with Gasteiger partial charge >= 0.3 is 0 Å². The summed E-state index contributed by atoms with van der Waals surface area (Å²) in [6.45, 7) is 1.97. The monoisotopic (exact) mass is 403 g/mol. The smallest absolute Gasteiger partial charge is 0.252 e. The van der Waals surface area contributed by atoms with E-state index in [0.29, 0.717) is 22.0 Å². The van der Waals surface area contributed by atoms with Gasteiger partial charge in [-0.25, -0.2) is 0 Å².